The first-order valence-electron chi connectivity index (χ1n) is 16.7. The quantitative estimate of drug-likeness (QED) is 0.236. The Hall–Kier alpha value is -2.81. The van der Waals surface area contributed by atoms with Crippen molar-refractivity contribution in [2.75, 3.05) is 0 Å². The molecule has 3 aliphatic carbocycles. The van der Waals surface area contributed by atoms with Crippen molar-refractivity contribution in [3.63, 3.8) is 0 Å². The van der Waals surface area contributed by atoms with Crippen LogP contribution in [0.1, 0.15) is 131 Å². The summed E-state index contributed by atoms with van der Waals surface area (Å²) >= 11 is 0. The van der Waals surface area contributed by atoms with E-state index in [0.29, 0.717) is 6.42 Å². The summed E-state index contributed by atoms with van der Waals surface area (Å²) in [6.07, 6.45) is 27.0. The molecule has 1 fully saturated rings. The van der Waals surface area contributed by atoms with E-state index in [4.69, 9.17) is 0 Å². The van der Waals surface area contributed by atoms with Gasteiger partial charge in [0.2, 0.25) is 0 Å². The molecule has 0 saturated heterocycles. The lowest BCUT2D eigenvalue weighted by Crippen LogP contribution is -2.30. The summed E-state index contributed by atoms with van der Waals surface area (Å²) in [5.74, 6) is 1.41. The molecule has 3 heteroatoms. The van der Waals surface area contributed by atoms with Crippen LogP contribution in [-0.2, 0) is 16.0 Å². The van der Waals surface area contributed by atoms with E-state index in [1.54, 1.807) is 0 Å². The summed E-state index contributed by atoms with van der Waals surface area (Å²) in [5, 5.41) is 0. The Labute approximate surface area is 254 Å². The highest BCUT2D eigenvalue weighted by atomic mass is 16.1. The molecule has 0 bridgehead atoms. The van der Waals surface area contributed by atoms with Crippen molar-refractivity contribution < 1.29 is 14.4 Å². The number of hydrogen-bond donors (Lipinski definition) is 0. The largest absolute Gasteiger partial charge is 0.300 e. The Kier molecular flexibility index (Phi) is 11.9. The number of hydrogen-bond acceptors (Lipinski definition) is 3. The van der Waals surface area contributed by atoms with Gasteiger partial charge < -0.3 is 0 Å². The first-order valence-corrected chi connectivity index (χ1v) is 16.7. The summed E-state index contributed by atoms with van der Waals surface area (Å²) in [7, 11) is 0. The van der Waals surface area contributed by atoms with E-state index < -0.39 is 0 Å². The molecule has 3 atom stereocenters. The Bertz CT molecular complexity index is 1250. The zero-order valence-electron chi connectivity index (χ0n) is 26.6. The molecule has 1 aromatic rings. The van der Waals surface area contributed by atoms with E-state index in [1.165, 1.54) is 61.3 Å². The summed E-state index contributed by atoms with van der Waals surface area (Å²) in [4.78, 5) is 38.5. The summed E-state index contributed by atoms with van der Waals surface area (Å²) in [6, 6.07) is 4.37. The minimum atomic E-state index is -0.107. The maximum atomic E-state index is 13.7. The number of allylic oxidation sites excluding steroid dienone is 8. The van der Waals surface area contributed by atoms with Gasteiger partial charge in [-0.15, -0.1) is 0 Å². The molecule has 0 spiro atoms. The number of Topliss-reactive ketones (excluding diaryl/α,β-unsaturated/α-hetero) is 3. The third kappa shape index (κ3) is 8.39. The van der Waals surface area contributed by atoms with Gasteiger partial charge in [-0.2, -0.15) is 0 Å². The van der Waals surface area contributed by atoms with Crippen LogP contribution in [0.25, 0.3) is 5.57 Å². The van der Waals surface area contributed by atoms with Crippen LogP contribution in [0.3, 0.4) is 0 Å². The van der Waals surface area contributed by atoms with Gasteiger partial charge in [0.15, 0.2) is 5.78 Å². The van der Waals surface area contributed by atoms with Crippen LogP contribution in [0.2, 0.25) is 0 Å². The first-order chi connectivity index (χ1) is 20.3. The predicted octanol–water partition coefficient (Wildman–Crippen LogP) is 9.92. The third-order valence-electron chi connectivity index (χ3n) is 9.90. The van der Waals surface area contributed by atoms with Crippen LogP contribution in [-0.4, -0.2) is 17.3 Å². The Balaban J connectivity index is 1.64. The second-order valence-electron chi connectivity index (χ2n) is 13.3. The molecule has 4 rings (SSSR count). The van der Waals surface area contributed by atoms with E-state index in [0.717, 1.165) is 62.0 Å². The first kappa shape index (κ1) is 32.1. The SMILES string of the molecule is CCCC(CC1CC(=O)c2c(C)ccc(/C3=C/C=C(/CC4CCCC4)C/C=C\C=C/C3)c2C1)C(CC)C(=O)CC(C)=O. The van der Waals surface area contributed by atoms with Crippen molar-refractivity contribution in [1.82, 2.24) is 0 Å². The summed E-state index contributed by atoms with van der Waals surface area (Å²) in [6.45, 7) is 7.81. The fraction of sp³-hybridized carbons (Fsp3) is 0.564. The fourth-order valence-electron chi connectivity index (χ4n) is 7.90. The summed E-state index contributed by atoms with van der Waals surface area (Å²) < 4.78 is 0. The van der Waals surface area contributed by atoms with Crippen LogP contribution in [0.5, 0.6) is 0 Å². The smallest absolute Gasteiger partial charge is 0.163 e. The molecule has 0 amide bonds. The fourth-order valence-corrected chi connectivity index (χ4v) is 7.90. The molecular weight excluding hydrogens is 516 g/mol. The average molecular weight is 569 g/mol. The number of rotatable bonds is 12. The predicted molar refractivity (Wildman–Crippen MR) is 175 cm³/mol. The topological polar surface area (TPSA) is 51.2 Å². The lowest BCUT2D eigenvalue weighted by molar-refractivity contribution is -0.129. The molecule has 3 nitrogen and oxygen atoms in total. The van der Waals surface area contributed by atoms with Gasteiger partial charge in [-0.25, -0.2) is 0 Å². The molecule has 3 unspecified atom stereocenters. The van der Waals surface area contributed by atoms with E-state index in [1.807, 2.05) is 0 Å². The van der Waals surface area contributed by atoms with Crippen LogP contribution in [0.4, 0.5) is 0 Å². The van der Waals surface area contributed by atoms with Gasteiger partial charge in [-0.05, 0) is 92.4 Å². The highest BCUT2D eigenvalue weighted by Crippen LogP contribution is 2.40. The summed E-state index contributed by atoms with van der Waals surface area (Å²) in [5.41, 5.74) is 7.19. The maximum Gasteiger partial charge on any atom is 0.163 e. The minimum Gasteiger partial charge on any atom is -0.300 e. The van der Waals surface area contributed by atoms with Crippen molar-refractivity contribution in [2.24, 2.45) is 23.7 Å². The zero-order chi connectivity index (χ0) is 30.1. The number of carbonyl (C=O) groups is 3. The molecular formula is C39H52O3. The molecule has 0 heterocycles. The van der Waals surface area contributed by atoms with Gasteiger partial charge in [-0.1, -0.05) is 107 Å². The van der Waals surface area contributed by atoms with E-state index in [2.05, 4.69) is 69.4 Å². The van der Waals surface area contributed by atoms with Crippen molar-refractivity contribution >= 4 is 22.9 Å². The minimum absolute atomic E-state index is 0.0294. The van der Waals surface area contributed by atoms with E-state index in [-0.39, 0.29) is 41.5 Å². The maximum absolute atomic E-state index is 13.7. The molecule has 0 aromatic heterocycles. The second kappa shape index (κ2) is 15.6. The van der Waals surface area contributed by atoms with Gasteiger partial charge in [0.05, 0.1) is 6.42 Å². The third-order valence-corrected chi connectivity index (χ3v) is 9.90. The number of fused-ring (bicyclic) bond motifs is 1. The number of benzene rings is 1. The number of ketones is 3. The average Bonchev–Trinajstić information content (AvgIpc) is 3.45. The Morgan fingerprint density at radius 2 is 1.69 bits per heavy atom. The van der Waals surface area contributed by atoms with Crippen LogP contribution in [0, 0.1) is 30.6 Å². The van der Waals surface area contributed by atoms with E-state index in [9.17, 15) is 14.4 Å². The Morgan fingerprint density at radius 3 is 2.38 bits per heavy atom. The van der Waals surface area contributed by atoms with E-state index >= 15 is 0 Å². The molecule has 42 heavy (non-hydrogen) atoms. The van der Waals surface area contributed by atoms with Gasteiger partial charge in [-0.3, -0.25) is 14.4 Å². The monoisotopic (exact) mass is 568 g/mol. The molecule has 226 valence electrons. The molecule has 0 N–H and O–H groups in total. The molecule has 0 radical (unpaired) electrons. The number of carbonyl (C=O) groups excluding carboxylic acids is 3. The van der Waals surface area contributed by atoms with Crippen molar-refractivity contribution in [3.05, 3.63) is 76.4 Å². The van der Waals surface area contributed by atoms with Crippen LogP contribution in [0.15, 0.2) is 54.2 Å². The lowest BCUT2D eigenvalue weighted by atomic mass is 9.71. The zero-order valence-corrected chi connectivity index (χ0v) is 26.6. The Morgan fingerprint density at radius 1 is 0.952 bits per heavy atom. The molecule has 1 aromatic carbocycles. The highest BCUT2D eigenvalue weighted by molar-refractivity contribution is 6.01. The highest BCUT2D eigenvalue weighted by Gasteiger charge is 2.34. The molecule has 1 saturated carbocycles. The second-order valence-corrected chi connectivity index (χ2v) is 13.3. The van der Waals surface area contributed by atoms with Gasteiger partial charge >= 0.3 is 0 Å². The van der Waals surface area contributed by atoms with Crippen molar-refractivity contribution in [1.29, 1.82) is 0 Å². The van der Waals surface area contributed by atoms with Crippen LogP contribution < -0.4 is 0 Å². The molecule has 3 aliphatic rings. The normalized spacial score (nSPS) is 25.0. The van der Waals surface area contributed by atoms with Gasteiger partial charge in [0.1, 0.15) is 11.6 Å². The number of aryl methyl sites for hydroxylation is 1. The lowest BCUT2D eigenvalue weighted by Gasteiger charge is -2.33. The van der Waals surface area contributed by atoms with Crippen molar-refractivity contribution in [3.8, 4) is 0 Å². The van der Waals surface area contributed by atoms with Gasteiger partial charge in [0, 0.05) is 17.9 Å². The van der Waals surface area contributed by atoms with Crippen molar-refractivity contribution in [2.45, 2.75) is 118 Å². The van der Waals surface area contributed by atoms with Crippen LogP contribution >= 0.6 is 0 Å². The molecule has 0 aliphatic heterocycles. The standard InChI is InChI=1S/C39H52O3/c1-5-13-33(34(6-2)37(41)22-28(4)40)24-31-25-36-35(21-18-27(3)39(36)38(42)26-31)32-17-10-8-7-9-14-30(19-20-32)23-29-15-11-12-16-29/h7-10,18-21,29,31,33-34H,5-6,11-17,22-26H2,1-4H3/b9-7-,10-8-,30-19+,32-20+. The van der Waals surface area contributed by atoms with Gasteiger partial charge in [0.25, 0.3) is 0 Å².